The molecular formula is C14H19Cl2N3O2S. The van der Waals surface area contributed by atoms with Gasteiger partial charge < -0.3 is 5.32 Å². The Bertz CT molecular complexity index is 647. The van der Waals surface area contributed by atoms with Crippen LogP contribution in [-0.4, -0.2) is 62.9 Å². The predicted octanol–water partition coefficient (Wildman–Crippen LogP) is 1.66. The van der Waals surface area contributed by atoms with Gasteiger partial charge in [0.25, 0.3) is 0 Å². The van der Waals surface area contributed by atoms with Crippen LogP contribution in [0.1, 0.15) is 6.42 Å². The van der Waals surface area contributed by atoms with Crippen molar-refractivity contribution in [2.75, 3.05) is 39.3 Å². The maximum Gasteiger partial charge on any atom is 0.244 e. The van der Waals surface area contributed by atoms with Gasteiger partial charge in [0, 0.05) is 50.3 Å². The molecule has 122 valence electrons. The van der Waals surface area contributed by atoms with E-state index in [2.05, 4.69) is 10.2 Å². The molecular weight excluding hydrogens is 345 g/mol. The highest BCUT2D eigenvalue weighted by Gasteiger charge is 2.36. The molecule has 1 atom stereocenters. The van der Waals surface area contributed by atoms with Crippen LogP contribution in [0.5, 0.6) is 0 Å². The molecule has 2 heterocycles. The van der Waals surface area contributed by atoms with E-state index in [1.165, 1.54) is 16.4 Å². The Morgan fingerprint density at radius 2 is 1.86 bits per heavy atom. The molecule has 0 aliphatic carbocycles. The number of piperazine rings is 1. The van der Waals surface area contributed by atoms with Crippen molar-refractivity contribution in [3.63, 3.8) is 0 Å². The molecule has 8 heteroatoms. The number of rotatable bonds is 3. The zero-order valence-electron chi connectivity index (χ0n) is 12.1. The number of nitrogens with one attached hydrogen (secondary N) is 1. The molecule has 2 saturated heterocycles. The lowest BCUT2D eigenvalue weighted by Crippen LogP contribution is -2.49. The molecule has 2 fully saturated rings. The maximum atomic E-state index is 12.8. The summed E-state index contributed by atoms with van der Waals surface area (Å²) in [7, 11) is -3.56. The van der Waals surface area contributed by atoms with Crippen molar-refractivity contribution >= 4 is 33.2 Å². The maximum absolute atomic E-state index is 12.8. The summed E-state index contributed by atoms with van der Waals surface area (Å²) in [5.41, 5.74) is 0. The third-order valence-corrected chi connectivity index (χ3v) is 6.89. The van der Waals surface area contributed by atoms with Crippen molar-refractivity contribution in [3.8, 4) is 0 Å². The van der Waals surface area contributed by atoms with Crippen molar-refractivity contribution in [2.24, 2.45) is 0 Å². The van der Waals surface area contributed by atoms with Gasteiger partial charge in [-0.05, 0) is 24.6 Å². The number of nitrogens with zero attached hydrogens (tertiary/aromatic N) is 2. The van der Waals surface area contributed by atoms with Gasteiger partial charge in [-0.3, -0.25) is 4.90 Å². The second-order valence-corrected chi connectivity index (χ2v) is 8.42. The van der Waals surface area contributed by atoms with E-state index in [9.17, 15) is 8.42 Å². The van der Waals surface area contributed by atoms with Crippen LogP contribution < -0.4 is 5.32 Å². The minimum absolute atomic E-state index is 0.138. The Labute approximate surface area is 141 Å². The molecule has 1 N–H and O–H groups in total. The number of hydrogen-bond donors (Lipinski definition) is 1. The van der Waals surface area contributed by atoms with Crippen LogP contribution in [0.4, 0.5) is 0 Å². The fourth-order valence-corrected chi connectivity index (χ4v) is 5.34. The van der Waals surface area contributed by atoms with Gasteiger partial charge in [-0.15, -0.1) is 0 Å². The first-order chi connectivity index (χ1) is 10.5. The molecule has 22 heavy (non-hydrogen) atoms. The summed E-state index contributed by atoms with van der Waals surface area (Å²) in [5.74, 6) is 0. The Balaban J connectivity index is 1.76. The standard InChI is InChI=1S/C14H19Cl2N3O2S/c15-11-1-2-14(13(16)9-11)22(20,21)19-6-3-12(10-19)18-7-4-17-5-8-18/h1-2,9,12,17H,3-8,10H2. The van der Waals surface area contributed by atoms with Crippen LogP contribution in [0.3, 0.4) is 0 Å². The monoisotopic (exact) mass is 363 g/mol. The summed E-state index contributed by atoms with van der Waals surface area (Å²) in [5, 5.41) is 3.93. The van der Waals surface area contributed by atoms with Crippen molar-refractivity contribution in [1.82, 2.24) is 14.5 Å². The molecule has 2 aliphatic rings. The van der Waals surface area contributed by atoms with Crippen molar-refractivity contribution in [3.05, 3.63) is 28.2 Å². The highest BCUT2D eigenvalue weighted by molar-refractivity contribution is 7.89. The van der Waals surface area contributed by atoms with E-state index in [0.717, 1.165) is 32.6 Å². The molecule has 1 aromatic carbocycles. The Kier molecular flexibility index (Phi) is 4.97. The van der Waals surface area contributed by atoms with E-state index in [0.29, 0.717) is 24.2 Å². The highest BCUT2D eigenvalue weighted by Crippen LogP contribution is 2.30. The zero-order valence-corrected chi connectivity index (χ0v) is 14.5. The molecule has 0 amide bonds. The van der Waals surface area contributed by atoms with Gasteiger partial charge in [0.15, 0.2) is 0 Å². The number of halogens is 2. The molecule has 1 unspecified atom stereocenters. The van der Waals surface area contributed by atoms with Crippen molar-refractivity contribution in [1.29, 1.82) is 0 Å². The zero-order chi connectivity index (χ0) is 15.7. The van der Waals surface area contributed by atoms with Crippen LogP contribution in [0.2, 0.25) is 10.0 Å². The highest BCUT2D eigenvalue weighted by atomic mass is 35.5. The summed E-state index contributed by atoms with van der Waals surface area (Å²) >= 11 is 11.9. The molecule has 0 spiro atoms. The molecule has 2 aliphatic heterocycles. The molecule has 1 aromatic rings. The summed E-state index contributed by atoms with van der Waals surface area (Å²) in [4.78, 5) is 2.51. The molecule has 5 nitrogen and oxygen atoms in total. The van der Waals surface area contributed by atoms with Crippen LogP contribution in [-0.2, 0) is 10.0 Å². The van der Waals surface area contributed by atoms with Crippen molar-refractivity contribution in [2.45, 2.75) is 17.4 Å². The second-order valence-electron chi connectivity index (χ2n) is 5.67. The van der Waals surface area contributed by atoms with Crippen LogP contribution in [0.25, 0.3) is 0 Å². The second kappa shape index (κ2) is 6.63. The molecule has 0 bridgehead atoms. The first-order valence-corrected chi connectivity index (χ1v) is 9.58. The molecule has 3 rings (SSSR count). The fourth-order valence-electron chi connectivity index (χ4n) is 3.10. The quantitative estimate of drug-likeness (QED) is 0.887. The van der Waals surface area contributed by atoms with Gasteiger partial charge in [0.2, 0.25) is 10.0 Å². The summed E-state index contributed by atoms with van der Waals surface area (Å²) in [6, 6.07) is 4.81. The Morgan fingerprint density at radius 3 is 2.55 bits per heavy atom. The molecule has 0 radical (unpaired) electrons. The van der Waals surface area contributed by atoms with Gasteiger partial charge in [-0.1, -0.05) is 23.2 Å². The van der Waals surface area contributed by atoms with E-state index in [-0.39, 0.29) is 9.92 Å². The Morgan fingerprint density at radius 1 is 1.14 bits per heavy atom. The van der Waals surface area contributed by atoms with Crippen LogP contribution >= 0.6 is 23.2 Å². The number of sulfonamides is 1. The van der Waals surface area contributed by atoms with E-state index in [4.69, 9.17) is 23.2 Å². The van der Waals surface area contributed by atoms with E-state index in [1.807, 2.05) is 0 Å². The van der Waals surface area contributed by atoms with E-state index >= 15 is 0 Å². The number of benzene rings is 1. The van der Waals surface area contributed by atoms with E-state index in [1.54, 1.807) is 6.07 Å². The van der Waals surface area contributed by atoms with Crippen LogP contribution in [0.15, 0.2) is 23.1 Å². The largest absolute Gasteiger partial charge is 0.314 e. The molecule has 0 aromatic heterocycles. The predicted molar refractivity (Wildman–Crippen MR) is 88.1 cm³/mol. The van der Waals surface area contributed by atoms with Gasteiger partial charge in [-0.25, -0.2) is 8.42 Å². The molecule has 0 saturated carbocycles. The topological polar surface area (TPSA) is 52.7 Å². The number of hydrogen-bond acceptors (Lipinski definition) is 4. The normalized spacial score (nSPS) is 24.7. The van der Waals surface area contributed by atoms with Crippen molar-refractivity contribution < 1.29 is 8.42 Å². The minimum atomic E-state index is -3.56. The van der Waals surface area contributed by atoms with Gasteiger partial charge >= 0.3 is 0 Å². The van der Waals surface area contributed by atoms with Crippen LogP contribution in [0, 0.1) is 0 Å². The third-order valence-electron chi connectivity index (χ3n) is 4.31. The van der Waals surface area contributed by atoms with E-state index < -0.39 is 10.0 Å². The first-order valence-electron chi connectivity index (χ1n) is 7.38. The average molecular weight is 364 g/mol. The smallest absolute Gasteiger partial charge is 0.244 e. The van der Waals surface area contributed by atoms with Gasteiger partial charge in [0.1, 0.15) is 4.90 Å². The fraction of sp³-hybridized carbons (Fsp3) is 0.571. The van der Waals surface area contributed by atoms with Gasteiger partial charge in [0.05, 0.1) is 5.02 Å². The summed E-state index contributed by atoms with van der Waals surface area (Å²) in [6.07, 6.45) is 0.866. The third kappa shape index (κ3) is 3.27. The Hall–Kier alpha value is -0.370. The SMILES string of the molecule is O=S(=O)(c1ccc(Cl)cc1Cl)N1CCC(N2CCNCC2)C1. The average Bonchev–Trinajstić information content (AvgIpc) is 2.98. The first kappa shape index (κ1) is 16.5. The lowest BCUT2D eigenvalue weighted by molar-refractivity contribution is 0.179. The lowest BCUT2D eigenvalue weighted by Gasteiger charge is -2.32. The summed E-state index contributed by atoms with van der Waals surface area (Å²) in [6.45, 7) is 4.94. The summed E-state index contributed by atoms with van der Waals surface area (Å²) < 4.78 is 27.1. The lowest BCUT2D eigenvalue weighted by atomic mass is 10.2. The minimum Gasteiger partial charge on any atom is -0.314 e. The van der Waals surface area contributed by atoms with Gasteiger partial charge in [-0.2, -0.15) is 4.31 Å².